The number of carbonyl (C=O) groups is 1. The van der Waals surface area contributed by atoms with Gasteiger partial charge in [0.05, 0.1) is 0 Å². The Morgan fingerprint density at radius 1 is 1.07 bits per heavy atom. The van der Waals surface area contributed by atoms with Crippen molar-refractivity contribution in [3.63, 3.8) is 0 Å². The van der Waals surface area contributed by atoms with E-state index in [1.165, 1.54) is 6.07 Å². The molecule has 3 rings (SSSR count). The number of carboxylic acid groups (broad SMARTS) is 1. The van der Waals surface area contributed by atoms with Gasteiger partial charge in [0.2, 0.25) is 0 Å². The van der Waals surface area contributed by atoms with Gasteiger partial charge in [0.15, 0.2) is 6.61 Å². The molecule has 0 saturated heterocycles. The number of hydrogen-bond acceptors (Lipinski definition) is 4. The Labute approximate surface area is 174 Å². The molecule has 2 aromatic carbocycles. The van der Waals surface area contributed by atoms with E-state index < -0.39 is 12.6 Å². The number of aliphatic carboxylic acids is 1. The maximum absolute atomic E-state index is 14.0. The lowest BCUT2D eigenvalue weighted by Gasteiger charge is -2.17. The smallest absolute Gasteiger partial charge is 0.341 e. The van der Waals surface area contributed by atoms with Crippen LogP contribution in [0.3, 0.4) is 0 Å². The van der Waals surface area contributed by atoms with Crippen LogP contribution >= 0.6 is 0 Å². The van der Waals surface area contributed by atoms with Crippen molar-refractivity contribution in [1.29, 1.82) is 0 Å². The van der Waals surface area contributed by atoms with E-state index in [4.69, 9.17) is 9.84 Å². The summed E-state index contributed by atoms with van der Waals surface area (Å²) in [7, 11) is 0. The number of aromatic hydroxyl groups is 1. The van der Waals surface area contributed by atoms with Crippen LogP contribution in [-0.2, 0) is 11.2 Å². The third-order valence-electron chi connectivity index (χ3n) is 5.37. The zero-order valence-electron chi connectivity index (χ0n) is 17.4. The summed E-state index contributed by atoms with van der Waals surface area (Å²) >= 11 is 0. The first-order valence-corrected chi connectivity index (χ1v) is 9.57. The number of ether oxygens (including phenoxy) is 1. The SMILES string of the molecule is Cc1cc(OCC(=O)O)c(C)c(C)c1Cc1ccc(O)c(-c2cccc(F)c2C)n1. The predicted octanol–water partition coefficient (Wildman–Crippen LogP) is 4.88. The summed E-state index contributed by atoms with van der Waals surface area (Å²) in [4.78, 5) is 15.4. The highest BCUT2D eigenvalue weighted by Crippen LogP contribution is 2.33. The summed E-state index contributed by atoms with van der Waals surface area (Å²) in [5.74, 6) is -0.832. The molecule has 0 spiro atoms. The molecule has 3 aromatic rings. The van der Waals surface area contributed by atoms with Gasteiger partial charge in [-0.3, -0.25) is 0 Å². The molecule has 0 atom stereocenters. The highest BCUT2D eigenvalue weighted by Gasteiger charge is 2.16. The summed E-state index contributed by atoms with van der Waals surface area (Å²) in [6, 6.07) is 9.86. The van der Waals surface area contributed by atoms with E-state index in [9.17, 15) is 14.3 Å². The van der Waals surface area contributed by atoms with E-state index in [1.807, 2.05) is 26.8 Å². The van der Waals surface area contributed by atoms with Gasteiger partial charge in [-0.2, -0.15) is 0 Å². The maximum Gasteiger partial charge on any atom is 0.341 e. The normalized spacial score (nSPS) is 10.8. The Kier molecular flexibility index (Phi) is 6.06. The largest absolute Gasteiger partial charge is 0.506 e. The minimum Gasteiger partial charge on any atom is -0.506 e. The third-order valence-corrected chi connectivity index (χ3v) is 5.37. The molecule has 5 nitrogen and oxygen atoms in total. The van der Waals surface area contributed by atoms with Crippen LogP contribution in [0.25, 0.3) is 11.3 Å². The number of pyridine rings is 1. The molecule has 0 radical (unpaired) electrons. The molecule has 0 amide bonds. The lowest BCUT2D eigenvalue weighted by molar-refractivity contribution is -0.139. The molecule has 156 valence electrons. The average Bonchev–Trinajstić information content (AvgIpc) is 2.70. The van der Waals surface area contributed by atoms with Crippen LogP contribution in [-0.4, -0.2) is 27.8 Å². The monoisotopic (exact) mass is 409 g/mol. The lowest BCUT2D eigenvalue weighted by atomic mass is 9.93. The van der Waals surface area contributed by atoms with Crippen molar-refractivity contribution in [3.05, 3.63) is 75.7 Å². The van der Waals surface area contributed by atoms with E-state index in [0.717, 1.165) is 27.9 Å². The van der Waals surface area contributed by atoms with Crippen molar-refractivity contribution in [2.45, 2.75) is 34.1 Å². The Balaban J connectivity index is 1.98. The molecule has 0 aliphatic heterocycles. The van der Waals surface area contributed by atoms with Crippen LogP contribution in [0.2, 0.25) is 0 Å². The Bertz CT molecular complexity index is 1120. The topological polar surface area (TPSA) is 79.7 Å². The summed E-state index contributed by atoms with van der Waals surface area (Å²) in [6.07, 6.45) is 0.513. The molecule has 0 aliphatic rings. The average molecular weight is 409 g/mol. The molecule has 0 unspecified atom stereocenters. The predicted molar refractivity (Wildman–Crippen MR) is 113 cm³/mol. The molecule has 1 heterocycles. The fourth-order valence-corrected chi connectivity index (χ4v) is 3.49. The lowest BCUT2D eigenvalue weighted by Crippen LogP contribution is -2.11. The second-order valence-corrected chi connectivity index (χ2v) is 7.36. The molecule has 0 bridgehead atoms. The minimum absolute atomic E-state index is 0.00510. The zero-order chi connectivity index (χ0) is 22.0. The van der Waals surface area contributed by atoms with Gasteiger partial charge in [-0.25, -0.2) is 14.2 Å². The van der Waals surface area contributed by atoms with Crippen LogP contribution in [0.15, 0.2) is 36.4 Å². The van der Waals surface area contributed by atoms with E-state index >= 15 is 0 Å². The minimum atomic E-state index is -1.03. The molecule has 0 aliphatic carbocycles. The van der Waals surface area contributed by atoms with Gasteiger partial charge >= 0.3 is 5.97 Å². The molecule has 1 aromatic heterocycles. The summed E-state index contributed by atoms with van der Waals surface area (Å²) < 4.78 is 19.4. The molecule has 6 heteroatoms. The number of aromatic nitrogens is 1. The van der Waals surface area contributed by atoms with Crippen molar-refractivity contribution >= 4 is 5.97 Å². The van der Waals surface area contributed by atoms with Gasteiger partial charge in [-0.15, -0.1) is 0 Å². The van der Waals surface area contributed by atoms with E-state index in [-0.39, 0.29) is 11.6 Å². The quantitative estimate of drug-likeness (QED) is 0.607. The van der Waals surface area contributed by atoms with E-state index in [1.54, 1.807) is 31.2 Å². The maximum atomic E-state index is 14.0. The molecule has 0 fully saturated rings. The molecule has 30 heavy (non-hydrogen) atoms. The second-order valence-electron chi connectivity index (χ2n) is 7.36. The van der Waals surface area contributed by atoms with Gasteiger partial charge in [0.25, 0.3) is 0 Å². The molecular formula is C24H24FNO4. The Morgan fingerprint density at radius 3 is 2.50 bits per heavy atom. The zero-order valence-corrected chi connectivity index (χ0v) is 17.4. The highest BCUT2D eigenvalue weighted by molar-refractivity contribution is 5.70. The van der Waals surface area contributed by atoms with Gasteiger partial charge in [0, 0.05) is 17.7 Å². The van der Waals surface area contributed by atoms with Crippen molar-refractivity contribution in [2.24, 2.45) is 0 Å². The number of halogens is 1. The Morgan fingerprint density at radius 2 is 1.80 bits per heavy atom. The number of nitrogens with zero attached hydrogens (tertiary/aromatic N) is 1. The first-order chi connectivity index (χ1) is 14.2. The fourth-order valence-electron chi connectivity index (χ4n) is 3.49. The van der Waals surface area contributed by atoms with Crippen molar-refractivity contribution in [1.82, 2.24) is 4.98 Å². The Hall–Kier alpha value is -3.41. The van der Waals surface area contributed by atoms with Gasteiger partial charge in [-0.1, -0.05) is 12.1 Å². The van der Waals surface area contributed by atoms with Gasteiger partial charge < -0.3 is 14.9 Å². The highest BCUT2D eigenvalue weighted by atomic mass is 19.1. The van der Waals surface area contributed by atoms with Gasteiger partial charge in [-0.05, 0) is 79.8 Å². The van der Waals surface area contributed by atoms with Crippen LogP contribution in [0.1, 0.15) is 33.5 Å². The van der Waals surface area contributed by atoms with E-state index in [2.05, 4.69) is 4.98 Å². The number of rotatable bonds is 6. The van der Waals surface area contributed by atoms with E-state index in [0.29, 0.717) is 29.0 Å². The second kappa shape index (κ2) is 8.53. The van der Waals surface area contributed by atoms with Crippen LogP contribution in [0, 0.1) is 33.5 Å². The molecule has 0 saturated carbocycles. The van der Waals surface area contributed by atoms with Crippen LogP contribution in [0.4, 0.5) is 4.39 Å². The van der Waals surface area contributed by atoms with Crippen LogP contribution in [0.5, 0.6) is 11.5 Å². The summed E-state index contributed by atoms with van der Waals surface area (Å²) in [5, 5.41) is 19.2. The first kappa shape index (κ1) is 21.3. The number of carboxylic acids is 1. The third kappa shape index (κ3) is 4.27. The first-order valence-electron chi connectivity index (χ1n) is 9.57. The van der Waals surface area contributed by atoms with Crippen molar-refractivity contribution in [3.8, 4) is 22.8 Å². The number of benzene rings is 2. The van der Waals surface area contributed by atoms with Gasteiger partial charge in [0.1, 0.15) is 23.0 Å². The number of hydrogen-bond donors (Lipinski definition) is 2. The number of aryl methyl sites for hydroxylation is 1. The molecule has 2 N–H and O–H groups in total. The molecular weight excluding hydrogens is 385 g/mol. The summed E-state index contributed by atoms with van der Waals surface area (Å²) in [5.41, 5.74) is 5.93. The van der Waals surface area contributed by atoms with Crippen LogP contribution < -0.4 is 4.74 Å². The van der Waals surface area contributed by atoms with Crippen molar-refractivity contribution < 1.29 is 24.1 Å². The standard InChI is InChI=1S/C24H24FNO4/c1-13-10-22(30-12-23(28)29)15(3)14(2)19(13)11-17-8-9-21(27)24(26-17)18-6-5-7-20(25)16(18)4/h5-10,27H,11-12H2,1-4H3,(H,28,29). The summed E-state index contributed by atoms with van der Waals surface area (Å²) in [6.45, 7) is 7.05. The fraction of sp³-hybridized carbons (Fsp3) is 0.250. The van der Waals surface area contributed by atoms with Crippen molar-refractivity contribution in [2.75, 3.05) is 6.61 Å².